The maximum absolute atomic E-state index is 12.8. The number of fused-ring (bicyclic) bond motifs is 1. The van der Waals surface area contributed by atoms with Gasteiger partial charge < -0.3 is 9.80 Å². The van der Waals surface area contributed by atoms with E-state index in [0.717, 1.165) is 24.2 Å². The van der Waals surface area contributed by atoms with E-state index in [1.807, 2.05) is 18.3 Å². The molecule has 1 fully saturated rings. The molecule has 0 unspecified atom stereocenters. The van der Waals surface area contributed by atoms with E-state index in [9.17, 15) is 9.59 Å². The minimum Gasteiger partial charge on any atom is -0.349 e. The van der Waals surface area contributed by atoms with Gasteiger partial charge in [0, 0.05) is 64.7 Å². The van der Waals surface area contributed by atoms with Crippen LogP contribution in [-0.4, -0.2) is 65.7 Å². The van der Waals surface area contributed by atoms with Crippen molar-refractivity contribution in [2.45, 2.75) is 25.9 Å². The molecule has 0 spiro atoms. The van der Waals surface area contributed by atoms with Crippen LogP contribution in [-0.2, 0) is 22.7 Å². The molecule has 6 heteroatoms. The fraction of sp³-hybridized carbons (Fsp3) is 0.370. The number of carbonyl (C=O) groups excluding carboxylic acids is 2. The molecule has 1 aliphatic heterocycles. The number of hydrogen-bond acceptors (Lipinski definition) is 4. The monoisotopic (exact) mass is 444 g/mol. The minimum absolute atomic E-state index is 0.0240. The summed E-state index contributed by atoms with van der Waals surface area (Å²) >= 11 is 0. The van der Waals surface area contributed by atoms with Gasteiger partial charge in [-0.15, -0.1) is 0 Å². The molecule has 33 heavy (non-hydrogen) atoms. The first kappa shape index (κ1) is 22.9. The molecule has 1 saturated heterocycles. The second-order valence-electron chi connectivity index (χ2n) is 9.27. The molecule has 2 aromatic carbocycles. The Kier molecular flexibility index (Phi) is 6.75. The SMILES string of the molecule is CC(=O)N1C[C@H](C(=O)N(C)C)[C@@H](c2ccc(CN(C)Cc3cccc4ncccc34)cc2)C1. The second kappa shape index (κ2) is 9.71. The maximum atomic E-state index is 12.8. The highest BCUT2D eigenvalue weighted by Gasteiger charge is 2.40. The first-order chi connectivity index (χ1) is 15.8. The molecule has 1 aromatic heterocycles. The molecule has 1 aliphatic rings. The fourth-order valence-electron chi connectivity index (χ4n) is 4.81. The summed E-state index contributed by atoms with van der Waals surface area (Å²) in [7, 11) is 5.68. The largest absolute Gasteiger partial charge is 0.349 e. The van der Waals surface area contributed by atoms with E-state index in [-0.39, 0.29) is 23.7 Å². The molecule has 172 valence electrons. The molecular weight excluding hydrogens is 412 g/mol. The van der Waals surface area contributed by atoms with E-state index in [4.69, 9.17) is 0 Å². The van der Waals surface area contributed by atoms with Crippen molar-refractivity contribution >= 4 is 22.7 Å². The smallest absolute Gasteiger partial charge is 0.227 e. The van der Waals surface area contributed by atoms with Crippen molar-refractivity contribution in [2.75, 3.05) is 34.2 Å². The Bertz CT molecular complexity index is 1140. The van der Waals surface area contributed by atoms with E-state index in [2.05, 4.69) is 59.4 Å². The molecule has 2 amide bonds. The van der Waals surface area contributed by atoms with E-state index >= 15 is 0 Å². The number of hydrogen-bond donors (Lipinski definition) is 0. The maximum Gasteiger partial charge on any atom is 0.227 e. The van der Waals surface area contributed by atoms with Gasteiger partial charge in [0.1, 0.15) is 0 Å². The number of amides is 2. The van der Waals surface area contributed by atoms with Crippen LogP contribution in [0.3, 0.4) is 0 Å². The summed E-state index contributed by atoms with van der Waals surface area (Å²) in [5.41, 5.74) is 4.62. The number of carbonyl (C=O) groups is 2. The predicted octanol–water partition coefficient (Wildman–Crippen LogP) is 3.52. The van der Waals surface area contributed by atoms with Crippen LogP contribution in [0.25, 0.3) is 10.9 Å². The van der Waals surface area contributed by atoms with Crippen LogP contribution < -0.4 is 0 Å². The van der Waals surface area contributed by atoms with Crippen molar-refractivity contribution in [1.82, 2.24) is 19.7 Å². The lowest BCUT2D eigenvalue weighted by molar-refractivity contribution is -0.133. The van der Waals surface area contributed by atoms with Gasteiger partial charge in [0.25, 0.3) is 0 Å². The van der Waals surface area contributed by atoms with Crippen LogP contribution in [0.4, 0.5) is 0 Å². The lowest BCUT2D eigenvalue weighted by atomic mass is 9.87. The zero-order valence-corrected chi connectivity index (χ0v) is 19.9. The van der Waals surface area contributed by atoms with Crippen molar-refractivity contribution < 1.29 is 9.59 Å². The average Bonchev–Trinajstić information content (AvgIpc) is 3.25. The van der Waals surface area contributed by atoms with Gasteiger partial charge in [-0.1, -0.05) is 42.5 Å². The van der Waals surface area contributed by atoms with Crippen molar-refractivity contribution in [3.63, 3.8) is 0 Å². The lowest BCUT2D eigenvalue weighted by Gasteiger charge is -2.22. The van der Waals surface area contributed by atoms with Crippen LogP contribution in [0.2, 0.25) is 0 Å². The first-order valence-electron chi connectivity index (χ1n) is 11.4. The molecule has 0 aliphatic carbocycles. The van der Waals surface area contributed by atoms with Crippen molar-refractivity contribution in [1.29, 1.82) is 0 Å². The third-order valence-electron chi connectivity index (χ3n) is 6.56. The highest BCUT2D eigenvalue weighted by Crippen LogP contribution is 2.34. The topological polar surface area (TPSA) is 56.8 Å². The summed E-state index contributed by atoms with van der Waals surface area (Å²) in [5, 5.41) is 1.19. The fourth-order valence-corrected chi connectivity index (χ4v) is 4.81. The quantitative estimate of drug-likeness (QED) is 0.584. The van der Waals surface area contributed by atoms with Crippen LogP contribution >= 0.6 is 0 Å². The Morgan fingerprint density at radius 2 is 1.73 bits per heavy atom. The molecule has 0 bridgehead atoms. The van der Waals surface area contributed by atoms with Crippen molar-refractivity contribution in [3.05, 3.63) is 77.5 Å². The van der Waals surface area contributed by atoms with Crippen LogP contribution in [0.1, 0.15) is 29.5 Å². The van der Waals surface area contributed by atoms with Gasteiger partial charge >= 0.3 is 0 Å². The Morgan fingerprint density at radius 1 is 0.970 bits per heavy atom. The molecule has 2 heterocycles. The highest BCUT2D eigenvalue weighted by molar-refractivity contribution is 5.83. The number of nitrogens with zero attached hydrogens (tertiary/aromatic N) is 4. The lowest BCUT2D eigenvalue weighted by Crippen LogP contribution is -2.34. The third kappa shape index (κ3) is 5.06. The van der Waals surface area contributed by atoms with Crippen molar-refractivity contribution in [2.24, 2.45) is 5.92 Å². The van der Waals surface area contributed by atoms with E-state index < -0.39 is 0 Å². The number of benzene rings is 2. The van der Waals surface area contributed by atoms with Crippen LogP contribution in [0, 0.1) is 5.92 Å². The van der Waals surface area contributed by atoms with Crippen molar-refractivity contribution in [3.8, 4) is 0 Å². The highest BCUT2D eigenvalue weighted by atomic mass is 16.2. The number of aromatic nitrogens is 1. The number of likely N-dealkylation sites (tertiary alicyclic amines) is 1. The van der Waals surface area contributed by atoms with E-state index in [1.165, 1.54) is 16.5 Å². The zero-order chi connectivity index (χ0) is 23.5. The molecule has 3 aromatic rings. The molecule has 2 atom stereocenters. The van der Waals surface area contributed by atoms with E-state index in [1.54, 1.807) is 30.8 Å². The average molecular weight is 445 g/mol. The number of rotatable bonds is 6. The normalized spacial score (nSPS) is 18.2. The summed E-state index contributed by atoms with van der Waals surface area (Å²) in [5.74, 6) is -0.0655. The summed E-state index contributed by atoms with van der Waals surface area (Å²) < 4.78 is 0. The van der Waals surface area contributed by atoms with Gasteiger partial charge in [0.15, 0.2) is 0 Å². The Labute approximate surface area is 195 Å². The first-order valence-corrected chi connectivity index (χ1v) is 11.4. The Hall–Kier alpha value is -3.25. The Morgan fingerprint density at radius 3 is 2.42 bits per heavy atom. The molecule has 0 radical (unpaired) electrons. The predicted molar refractivity (Wildman–Crippen MR) is 131 cm³/mol. The van der Waals surface area contributed by atoms with Gasteiger partial charge in [-0.05, 0) is 35.9 Å². The third-order valence-corrected chi connectivity index (χ3v) is 6.56. The summed E-state index contributed by atoms with van der Waals surface area (Å²) in [6.45, 7) is 4.31. The summed E-state index contributed by atoms with van der Waals surface area (Å²) in [6.07, 6.45) is 1.83. The summed E-state index contributed by atoms with van der Waals surface area (Å²) in [4.78, 5) is 34.9. The minimum atomic E-state index is -0.197. The number of pyridine rings is 1. The van der Waals surface area contributed by atoms with Gasteiger partial charge in [0.05, 0.1) is 11.4 Å². The molecule has 0 N–H and O–H groups in total. The molecule has 4 rings (SSSR count). The van der Waals surface area contributed by atoms with Gasteiger partial charge in [-0.3, -0.25) is 19.5 Å². The van der Waals surface area contributed by atoms with Gasteiger partial charge in [0.2, 0.25) is 11.8 Å². The van der Waals surface area contributed by atoms with Gasteiger partial charge in [-0.25, -0.2) is 0 Å². The zero-order valence-electron chi connectivity index (χ0n) is 19.9. The molecule has 6 nitrogen and oxygen atoms in total. The summed E-state index contributed by atoms with van der Waals surface area (Å²) in [6, 6.07) is 18.9. The second-order valence-corrected chi connectivity index (χ2v) is 9.27. The van der Waals surface area contributed by atoms with Crippen LogP contribution in [0.5, 0.6) is 0 Å². The molecular formula is C27H32N4O2. The Balaban J connectivity index is 1.46. The van der Waals surface area contributed by atoms with Gasteiger partial charge in [-0.2, -0.15) is 0 Å². The van der Waals surface area contributed by atoms with Crippen LogP contribution in [0.15, 0.2) is 60.8 Å². The van der Waals surface area contributed by atoms with E-state index in [0.29, 0.717) is 13.1 Å². The standard InChI is InChI=1S/C27H32N4O2/c1-19(32)31-17-24(25(18-31)27(33)29(2)3)21-12-10-20(11-13-21)15-30(4)16-22-7-5-9-26-23(22)8-6-14-28-26/h5-14,24-25H,15-18H2,1-4H3/t24-,25+/m1/s1. The molecule has 0 saturated carbocycles.